The van der Waals surface area contributed by atoms with Gasteiger partial charge in [0.2, 0.25) is 0 Å². The van der Waals surface area contributed by atoms with Crippen LogP contribution < -0.4 is 9.47 Å². The van der Waals surface area contributed by atoms with Crippen LogP contribution in [0.4, 0.5) is 0 Å². The third-order valence-electron chi connectivity index (χ3n) is 2.61. The van der Waals surface area contributed by atoms with Gasteiger partial charge in [0.05, 0.1) is 20.3 Å². The standard InChI is InChI=1S/C13H13N3O2/c1-17-10-4-3-5-11(18-2)12(10)13-15-7-9-16(13)8-6-14/h3-5,7,9H,8H2,1-2H3. The molecule has 0 saturated heterocycles. The third-order valence-corrected chi connectivity index (χ3v) is 2.61. The predicted octanol–water partition coefficient (Wildman–Crippen LogP) is 2.09. The Morgan fingerprint density at radius 3 is 2.50 bits per heavy atom. The van der Waals surface area contributed by atoms with Gasteiger partial charge in [-0.1, -0.05) is 6.07 Å². The first-order valence-electron chi connectivity index (χ1n) is 5.41. The fraction of sp³-hybridized carbons (Fsp3) is 0.231. The van der Waals surface area contributed by atoms with Gasteiger partial charge in [-0.15, -0.1) is 0 Å². The van der Waals surface area contributed by atoms with Crippen LogP contribution in [-0.4, -0.2) is 23.8 Å². The number of hydrogen-bond acceptors (Lipinski definition) is 4. The summed E-state index contributed by atoms with van der Waals surface area (Å²) in [7, 11) is 3.19. The Kier molecular flexibility index (Phi) is 3.49. The van der Waals surface area contributed by atoms with Crippen molar-refractivity contribution in [1.29, 1.82) is 5.26 Å². The number of ether oxygens (including phenoxy) is 2. The summed E-state index contributed by atoms with van der Waals surface area (Å²) in [6.07, 6.45) is 3.41. The van der Waals surface area contributed by atoms with Crippen molar-refractivity contribution < 1.29 is 9.47 Å². The molecule has 2 aromatic rings. The Balaban J connectivity index is 2.62. The molecule has 18 heavy (non-hydrogen) atoms. The first-order valence-corrected chi connectivity index (χ1v) is 5.41. The van der Waals surface area contributed by atoms with Gasteiger partial charge in [0, 0.05) is 12.4 Å². The predicted molar refractivity (Wildman–Crippen MR) is 66.4 cm³/mol. The molecule has 92 valence electrons. The van der Waals surface area contributed by atoms with Crippen LogP contribution in [0.1, 0.15) is 0 Å². The van der Waals surface area contributed by atoms with Crippen molar-refractivity contribution in [2.45, 2.75) is 6.54 Å². The van der Waals surface area contributed by atoms with Crippen LogP contribution in [0.3, 0.4) is 0 Å². The molecule has 0 saturated carbocycles. The minimum absolute atomic E-state index is 0.233. The molecule has 0 atom stereocenters. The number of aromatic nitrogens is 2. The number of benzene rings is 1. The lowest BCUT2D eigenvalue weighted by atomic mass is 10.1. The average molecular weight is 243 g/mol. The van der Waals surface area contributed by atoms with Gasteiger partial charge in [-0.05, 0) is 12.1 Å². The van der Waals surface area contributed by atoms with E-state index in [2.05, 4.69) is 11.1 Å². The maximum atomic E-state index is 8.80. The Bertz CT molecular complexity index is 562. The molecule has 0 spiro atoms. The molecule has 1 aromatic carbocycles. The normalized spacial score (nSPS) is 9.83. The summed E-state index contributed by atoms with van der Waals surface area (Å²) in [5, 5.41) is 8.80. The molecule has 1 heterocycles. The van der Waals surface area contributed by atoms with E-state index in [9.17, 15) is 0 Å². The summed E-state index contributed by atoms with van der Waals surface area (Å²) in [5.74, 6) is 1.99. The van der Waals surface area contributed by atoms with E-state index in [1.54, 1.807) is 31.2 Å². The molecule has 0 aliphatic heterocycles. The number of rotatable bonds is 4. The van der Waals surface area contributed by atoms with Gasteiger partial charge in [-0.3, -0.25) is 0 Å². The molecule has 0 fully saturated rings. The summed E-state index contributed by atoms with van der Waals surface area (Å²) in [6, 6.07) is 7.62. The van der Waals surface area contributed by atoms with Crippen LogP contribution in [0.25, 0.3) is 11.4 Å². The highest BCUT2D eigenvalue weighted by Crippen LogP contribution is 2.37. The van der Waals surface area contributed by atoms with Crippen molar-refractivity contribution in [3.8, 4) is 29.0 Å². The minimum Gasteiger partial charge on any atom is -0.496 e. The first-order chi connectivity index (χ1) is 8.81. The van der Waals surface area contributed by atoms with Crippen LogP contribution in [-0.2, 0) is 6.54 Å². The molecule has 0 radical (unpaired) electrons. The lowest BCUT2D eigenvalue weighted by Crippen LogP contribution is -2.01. The van der Waals surface area contributed by atoms with Crippen molar-refractivity contribution in [3.63, 3.8) is 0 Å². The maximum Gasteiger partial charge on any atom is 0.148 e. The lowest BCUT2D eigenvalue weighted by Gasteiger charge is -2.13. The van der Waals surface area contributed by atoms with E-state index in [-0.39, 0.29) is 6.54 Å². The number of nitrogens with zero attached hydrogens (tertiary/aromatic N) is 3. The van der Waals surface area contributed by atoms with E-state index in [0.717, 1.165) is 5.56 Å². The second kappa shape index (κ2) is 5.23. The molecule has 5 nitrogen and oxygen atoms in total. The van der Waals surface area contributed by atoms with Gasteiger partial charge < -0.3 is 14.0 Å². The van der Waals surface area contributed by atoms with E-state index in [1.165, 1.54) is 0 Å². The molecule has 0 aliphatic carbocycles. The molecule has 2 rings (SSSR count). The number of hydrogen-bond donors (Lipinski definition) is 0. The van der Waals surface area contributed by atoms with Gasteiger partial charge >= 0.3 is 0 Å². The highest BCUT2D eigenvalue weighted by atomic mass is 16.5. The molecule has 0 unspecified atom stereocenters. The van der Waals surface area contributed by atoms with Crippen LogP contribution in [0.15, 0.2) is 30.6 Å². The van der Waals surface area contributed by atoms with Crippen molar-refractivity contribution in [1.82, 2.24) is 9.55 Å². The molecule has 0 amide bonds. The highest BCUT2D eigenvalue weighted by molar-refractivity contribution is 5.72. The van der Waals surface area contributed by atoms with Gasteiger partial charge in [-0.25, -0.2) is 4.98 Å². The molecule has 0 aliphatic rings. The van der Waals surface area contributed by atoms with Crippen LogP contribution in [0, 0.1) is 11.3 Å². The topological polar surface area (TPSA) is 60.1 Å². The number of methoxy groups -OCH3 is 2. The van der Waals surface area contributed by atoms with E-state index < -0.39 is 0 Å². The zero-order valence-electron chi connectivity index (χ0n) is 10.3. The van der Waals surface area contributed by atoms with Crippen molar-refractivity contribution in [3.05, 3.63) is 30.6 Å². The van der Waals surface area contributed by atoms with E-state index in [4.69, 9.17) is 14.7 Å². The summed E-state index contributed by atoms with van der Waals surface area (Å²) < 4.78 is 12.4. The van der Waals surface area contributed by atoms with Crippen LogP contribution in [0.2, 0.25) is 0 Å². The Morgan fingerprint density at radius 2 is 1.94 bits per heavy atom. The van der Waals surface area contributed by atoms with Gasteiger partial charge in [0.1, 0.15) is 29.4 Å². The quantitative estimate of drug-likeness (QED) is 0.825. The molecular formula is C13H13N3O2. The summed E-state index contributed by atoms with van der Waals surface area (Å²) >= 11 is 0. The summed E-state index contributed by atoms with van der Waals surface area (Å²) in [6.45, 7) is 0.233. The van der Waals surface area contributed by atoms with E-state index in [1.807, 2.05) is 18.2 Å². The third kappa shape index (κ3) is 2.00. The first kappa shape index (κ1) is 12.0. The highest BCUT2D eigenvalue weighted by Gasteiger charge is 2.16. The fourth-order valence-electron chi connectivity index (χ4n) is 1.81. The van der Waals surface area contributed by atoms with E-state index >= 15 is 0 Å². The lowest BCUT2D eigenvalue weighted by molar-refractivity contribution is 0.396. The van der Waals surface area contributed by atoms with Crippen molar-refractivity contribution >= 4 is 0 Å². The average Bonchev–Trinajstić information content (AvgIpc) is 2.86. The Morgan fingerprint density at radius 1 is 1.28 bits per heavy atom. The number of nitriles is 1. The van der Waals surface area contributed by atoms with Crippen molar-refractivity contribution in [2.75, 3.05) is 14.2 Å². The molecule has 1 aromatic heterocycles. The van der Waals surface area contributed by atoms with Crippen LogP contribution in [0.5, 0.6) is 11.5 Å². The van der Waals surface area contributed by atoms with Gasteiger partial charge in [-0.2, -0.15) is 5.26 Å². The van der Waals surface area contributed by atoms with Crippen molar-refractivity contribution in [2.24, 2.45) is 0 Å². The summed E-state index contributed by atoms with van der Waals surface area (Å²) in [4.78, 5) is 4.27. The number of imidazole rings is 1. The minimum atomic E-state index is 0.233. The monoisotopic (exact) mass is 243 g/mol. The zero-order valence-corrected chi connectivity index (χ0v) is 10.3. The fourth-order valence-corrected chi connectivity index (χ4v) is 1.81. The molecule has 0 bridgehead atoms. The van der Waals surface area contributed by atoms with E-state index in [0.29, 0.717) is 17.3 Å². The smallest absolute Gasteiger partial charge is 0.148 e. The Hall–Kier alpha value is -2.48. The largest absolute Gasteiger partial charge is 0.496 e. The second-order valence-electron chi connectivity index (χ2n) is 3.57. The van der Waals surface area contributed by atoms with Gasteiger partial charge in [0.15, 0.2) is 0 Å². The van der Waals surface area contributed by atoms with Crippen LogP contribution >= 0.6 is 0 Å². The SMILES string of the molecule is COc1cccc(OC)c1-c1nccn1CC#N. The van der Waals surface area contributed by atoms with Gasteiger partial charge in [0.25, 0.3) is 0 Å². The molecular weight excluding hydrogens is 230 g/mol. The summed E-state index contributed by atoms with van der Waals surface area (Å²) in [5.41, 5.74) is 0.753. The maximum absolute atomic E-state index is 8.80. The molecule has 5 heteroatoms. The second-order valence-corrected chi connectivity index (χ2v) is 3.57. The zero-order chi connectivity index (χ0) is 13.0. The molecule has 0 N–H and O–H groups in total. The Labute approximate surface area is 105 Å².